The third-order valence-corrected chi connectivity index (χ3v) is 7.26. The van der Waals surface area contributed by atoms with Gasteiger partial charge in [-0.3, -0.25) is 4.79 Å². The third-order valence-electron chi connectivity index (χ3n) is 7.26. The number of hydrogen-bond acceptors (Lipinski definition) is 9. The Morgan fingerprint density at radius 2 is 1.22 bits per heavy atom. The molecule has 3 N–H and O–H groups in total. The quantitative estimate of drug-likeness (QED) is 0.0460. The van der Waals surface area contributed by atoms with Gasteiger partial charge in [0.05, 0.1) is 35.7 Å². The summed E-state index contributed by atoms with van der Waals surface area (Å²) in [6, 6.07) is 18.6. The number of carboxylic acid groups (broad SMARTS) is 2. The molecule has 3 aromatic rings. The third kappa shape index (κ3) is 12.7. The van der Waals surface area contributed by atoms with Crippen molar-refractivity contribution in [2.45, 2.75) is 64.7 Å². The average molecular weight is 634 g/mol. The van der Waals surface area contributed by atoms with Gasteiger partial charge in [0, 0.05) is 25.2 Å². The van der Waals surface area contributed by atoms with Gasteiger partial charge in [0.15, 0.2) is 0 Å². The van der Waals surface area contributed by atoms with Gasteiger partial charge in [-0.25, -0.2) is 9.59 Å². The molecule has 46 heavy (non-hydrogen) atoms. The highest BCUT2D eigenvalue weighted by Gasteiger charge is 2.14. The minimum Gasteiger partial charge on any atom is -0.494 e. The first kappa shape index (κ1) is 35.7. The van der Waals surface area contributed by atoms with Gasteiger partial charge in [-0.2, -0.15) is 10.2 Å². The lowest BCUT2D eigenvalue weighted by Gasteiger charge is -2.21. The van der Waals surface area contributed by atoms with E-state index in [1.165, 1.54) is 0 Å². The topological polar surface area (TPSA) is 158 Å². The molecule has 0 aliphatic rings. The highest BCUT2D eigenvalue weighted by atomic mass is 16.5. The van der Waals surface area contributed by atoms with Gasteiger partial charge in [0.1, 0.15) is 11.5 Å². The van der Waals surface area contributed by atoms with Crippen LogP contribution >= 0.6 is 0 Å². The van der Waals surface area contributed by atoms with Crippen LogP contribution in [0.5, 0.6) is 11.5 Å². The van der Waals surface area contributed by atoms with E-state index in [9.17, 15) is 19.5 Å². The van der Waals surface area contributed by atoms with Gasteiger partial charge in [-0.1, -0.05) is 38.5 Å². The highest BCUT2D eigenvalue weighted by Crippen LogP contribution is 2.24. The van der Waals surface area contributed by atoms with Crippen LogP contribution < -0.4 is 14.4 Å². The Kier molecular flexibility index (Phi) is 15.2. The number of carboxylic acids is 2. The number of anilines is 1. The molecule has 0 fully saturated rings. The number of aliphatic hydroxyl groups is 1. The number of benzene rings is 3. The number of carbonyl (C=O) groups is 3. The number of carbonyl (C=O) groups excluding carboxylic acids is 1. The summed E-state index contributed by atoms with van der Waals surface area (Å²) in [5, 5.41) is 36.1. The minimum absolute atomic E-state index is 0.0806. The fraction of sp³-hybridized carbons (Fsp3) is 0.400. The maximum Gasteiger partial charge on any atom is 0.335 e. The number of hydrogen-bond donors (Lipinski definition) is 3. The van der Waals surface area contributed by atoms with Crippen molar-refractivity contribution < 1.29 is 39.2 Å². The van der Waals surface area contributed by atoms with Crippen LogP contribution in [0.4, 0.5) is 17.1 Å². The number of aromatic carboxylic acids is 2. The van der Waals surface area contributed by atoms with Crippen LogP contribution in [-0.4, -0.2) is 59.5 Å². The maximum absolute atomic E-state index is 12.1. The van der Waals surface area contributed by atoms with Crippen LogP contribution in [0.3, 0.4) is 0 Å². The molecular formula is C35H43N3O8. The zero-order valence-corrected chi connectivity index (χ0v) is 26.3. The lowest BCUT2D eigenvalue weighted by Crippen LogP contribution is -2.25. The SMILES string of the molecule is CCN(CCO)c1ccc(N=Nc2ccc(OCCCCCCCCCCC(=O)Oc3cc(C(=O)O)cc(C(=O)O)c3)cc2)cc1. The summed E-state index contributed by atoms with van der Waals surface area (Å²) in [5.41, 5.74) is 2.04. The van der Waals surface area contributed by atoms with Crippen molar-refractivity contribution in [1.29, 1.82) is 0 Å². The van der Waals surface area contributed by atoms with Crippen molar-refractivity contribution in [2.24, 2.45) is 10.2 Å². The number of rotatable bonds is 21. The summed E-state index contributed by atoms with van der Waals surface area (Å²) < 4.78 is 11.0. The fourth-order valence-electron chi connectivity index (χ4n) is 4.75. The van der Waals surface area contributed by atoms with Crippen LogP contribution in [0.2, 0.25) is 0 Å². The summed E-state index contributed by atoms with van der Waals surface area (Å²) in [4.78, 5) is 36.6. The number of aliphatic hydroxyl groups excluding tert-OH is 1. The molecule has 0 radical (unpaired) electrons. The average Bonchev–Trinajstić information content (AvgIpc) is 3.05. The summed E-state index contributed by atoms with van der Waals surface area (Å²) >= 11 is 0. The van der Waals surface area contributed by atoms with Crippen LogP contribution in [0, 0.1) is 0 Å². The lowest BCUT2D eigenvalue weighted by atomic mass is 10.1. The number of ether oxygens (including phenoxy) is 2. The van der Waals surface area contributed by atoms with Gasteiger partial charge in [-0.15, -0.1) is 0 Å². The van der Waals surface area contributed by atoms with Gasteiger partial charge < -0.3 is 29.7 Å². The Labute approximate surface area is 269 Å². The molecule has 3 aromatic carbocycles. The summed E-state index contributed by atoms with van der Waals surface area (Å²) in [7, 11) is 0. The van der Waals surface area contributed by atoms with Crippen molar-refractivity contribution in [1.82, 2.24) is 0 Å². The number of likely N-dealkylation sites (N-methyl/N-ethyl adjacent to an activating group) is 1. The maximum atomic E-state index is 12.1. The zero-order valence-electron chi connectivity index (χ0n) is 26.3. The van der Waals surface area contributed by atoms with E-state index in [0.29, 0.717) is 19.6 Å². The molecule has 0 aromatic heterocycles. The van der Waals surface area contributed by atoms with Crippen molar-refractivity contribution in [2.75, 3.05) is 31.2 Å². The minimum atomic E-state index is -1.29. The number of unbranched alkanes of at least 4 members (excludes halogenated alkanes) is 7. The predicted molar refractivity (Wildman–Crippen MR) is 175 cm³/mol. The molecule has 0 aliphatic carbocycles. The first-order chi connectivity index (χ1) is 22.3. The normalized spacial score (nSPS) is 11.0. The molecule has 11 heteroatoms. The first-order valence-corrected chi connectivity index (χ1v) is 15.7. The van der Waals surface area contributed by atoms with Crippen molar-refractivity contribution >= 4 is 35.0 Å². The smallest absolute Gasteiger partial charge is 0.335 e. The standard InChI is InChI=1S/C35H43N3O8/c1-2-38(20-21-39)30-16-12-28(13-17-30)36-37-29-14-18-31(19-15-29)45-22-10-8-6-4-3-5-7-9-11-33(40)46-32-24-26(34(41)42)23-27(25-32)35(43)44/h12-19,23-25,39H,2-11,20-22H2,1H3,(H,41,42)(H,43,44). The molecule has 246 valence electrons. The van der Waals surface area contributed by atoms with E-state index in [-0.39, 0.29) is 29.9 Å². The van der Waals surface area contributed by atoms with Crippen LogP contribution in [0.1, 0.15) is 85.4 Å². The summed E-state index contributed by atoms with van der Waals surface area (Å²) in [6.07, 6.45) is 8.01. The molecular weight excluding hydrogens is 590 g/mol. The van der Waals surface area contributed by atoms with Gasteiger partial charge >= 0.3 is 17.9 Å². The van der Waals surface area contributed by atoms with Crippen molar-refractivity contribution in [3.63, 3.8) is 0 Å². The molecule has 0 spiro atoms. The Bertz CT molecular complexity index is 1390. The molecule has 0 saturated carbocycles. The molecule has 0 atom stereocenters. The lowest BCUT2D eigenvalue weighted by molar-refractivity contribution is -0.134. The van der Waals surface area contributed by atoms with E-state index in [1.54, 1.807) is 0 Å². The van der Waals surface area contributed by atoms with E-state index in [1.807, 2.05) is 48.5 Å². The molecule has 0 aliphatic heterocycles. The van der Waals surface area contributed by atoms with E-state index < -0.39 is 17.9 Å². The van der Waals surface area contributed by atoms with Crippen molar-refractivity contribution in [3.8, 4) is 11.5 Å². The second-order valence-electron chi connectivity index (χ2n) is 10.8. The van der Waals surface area contributed by atoms with E-state index in [2.05, 4.69) is 22.1 Å². The van der Waals surface area contributed by atoms with Gasteiger partial charge in [-0.05, 0) is 86.5 Å². The monoisotopic (exact) mass is 633 g/mol. The van der Waals surface area contributed by atoms with E-state index in [0.717, 1.165) is 92.5 Å². The number of esters is 1. The summed E-state index contributed by atoms with van der Waals surface area (Å²) in [6.45, 7) is 4.22. The fourth-order valence-corrected chi connectivity index (χ4v) is 4.75. The molecule has 0 heterocycles. The molecule has 11 nitrogen and oxygen atoms in total. The first-order valence-electron chi connectivity index (χ1n) is 15.7. The van der Waals surface area contributed by atoms with Gasteiger partial charge in [0.2, 0.25) is 0 Å². The Morgan fingerprint density at radius 3 is 1.74 bits per heavy atom. The molecule has 3 rings (SSSR count). The number of azo groups is 1. The van der Waals surface area contributed by atoms with Crippen molar-refractivity contribution in [3.05, 3.63) is 77.9 Å². The number of nitrogens with zero attached hydrogens (tertiary/aromatic N) is 3. The molecule has 0 bridgehead atoms. The van der Waals surface area contributed by atoms with Crippen LogP contribution in [0.25, 0.3) is 0 Å². The van der Waals surface area contributed by atoms with Crippen LogP contribution in [-0.2, 0) is 4.79 Å². The second kappa shape index (κ2) is 19.6. The van der Waals surface area contributed by atoms with Crippen LogP contribution in [0.15, 0.2) is 77.0 Å². The highest BCUT2D eigenvalue weighted by molar-refractivity contribution is 5.94. The predicted octanol–water partition coefficient (Wildman–Crippen LogP) is 7.81. The molecule has 0 unspecified atom stereocenters. The van der Waals surface area contributed by atoms with E-state index >= 15 is 0 Å². The summed E-state index contributed by atoms with van der Waals surface area (Å²) in [5.74, 6) is -2.39. The van der Waals surface area contributed by atoms with E-state index in [4.69, 9.17) is 19.7 Å². The largest absolute Gasteiger partial charge is 0.494 e. The molecule has 0 amide bonds. The Morgan fingerprint density at radius 1 is 0.696 bits per heavy atom. The second-order valence-corrected chi connectivity index (χ2v) is 10.8. The zero-order chi connectivity index (χ0) is 33.1. The Hall–Kier alpha value is -4.77. The van der Waals surface area contributed by atoms with Gasteiger partial charge in [0.25, 0.3) is 0 Å². The molecule has 0 saturated heterocycles. The Balaban J connectivity index is 1.22.